The lowest BCUT2D eigenvalue weighted by molar-refractivity contribution is 0.623. The zero-order valence-electron chi connectivity index (χ0n) is 28.3. The van der Waals surface area contributed by atoms with Gasteiger partial charge in [0.05, 0.1) is 5.69 Å². The van der Waals surface area contributed by atoms with Crippen LogP contribution in [0.1, 0.15) is 0 Å². The van der Waals surface area contributed by atoms with Crippen molar-refractivity contribution >= 4 is 60.5 Å². The summed E-state index contributed by atoms with van der Waals surface area (Å²) in [5, 5.41) is 7.14. The van der Waals surface area contributed by atoms with Crippen molar-refractivity contribution in [3.05, 3.63) is 194 Å². The van der Waals surface area contributed by atoms with Crippen LogP contribution in [0.2, 0.25) is 0 Å². The molecule has 0 aliphatic rings. The lowest BCUT2D eigenvalue weighted by Gasteiger charge is -2.27. The predicted octanol–water partition coefficient (Wildman–Crippen LogP) is 13.8. The van der Waals surface area contributed by atoms with E-state index in [0.29, 0.717) is 5.89 Å². The molecule has 10 rings (SSSR count). The number of oxazole rings is 1. The summed E-state index contributed by atoms with van der Waals surface area (Å²) >= 11 is 0. The third-order valence-electron chi connectivity index (χ3n) is 10.1. The molecule has 52 heavy (non-hydrogen) atoms. The number of nitrogens with zero attached hydrogens (tertiary/aromatic N) is 2. The topological polar surface area (TPSA) is 29.3 Å². The average molecular weight is 665 g/mol. The number of fused-ring (bicyclic) bond motifs is 6. The highest BCUT2D eigenvalue weighted by Crippen LogP contribution is 2.43. The molecule has 1 aromatic heterocycles. The van der Waals surface area contributed by atoms with Gasteiger partial charge in [-0.05, 0) is 104 Å². The Morgan fingerprint density at radius 2 is 1.04 bits per heavy atom. The van der Waals surface area contributed by atoms with Gasteiger partial charge in [0.25, 0.3) is 0 Å². The van der Waals surface area contributed by atoms with Gasteiger partial charge in [0, 0.05) is 27.7 Å². The van der Waals surface area contributed by atoms with Crippen molar-refractivity contribution < 1.29 is 4.42 Å². The van der Waals surface area contributed by atoms with Crippen molar-refractivity contribution in [3.63, 3.8) is 0 Å². The van der Waals surface area contributed by atoms with E-state index in [0.717, 1.165) is 50.1 Å². The first kappa shape index (κ1) is 29.9. The fraction of sp³-hybridized carbons (Fsp3) is 0. The van der Waals surface area contributed by atoms with E-state index in [2.05, 4.69) is 169 Å². The van der Waals surface area contributed by atoms with Crippen molar-refractivity contribution in [2.75, 3.05) is 4.90 Å². The summed E-state index contributed by atoms with van der Waals surface area (Å²) in [5.74, 6) is 0.623. The Hall–Kier alpha value is -6.97. The van der Waals surface area contributed by atoms with Gasteiger partial charge < -0.3 is 9.32 Å². The summed E-state index contributed by atoms with van der Waals surface area (Å²) in [6.45, 7) is 0. The van der Waals surface area contributed by atoms with E-state index in [9.17, 15) is 0 Å². The van der Waals surface area contributed by atoms with Crippen LogP contribution in [0.3, 0.4) is 0 Å². The second-order valence-corrected chi connectivity index (χ2v) is 13.2. The third kappa shape index (κ3) is 5.10. The Labute approximate surface area is 301 Å². The monoisotopic (exact) mass is 664 g/mol. The second kappa shape index (κ2) is 12.4. The van der Waals surface area contributed by atoms with Gasteiger partial charge in [0.1, 0.15) is 5.52 Å². The molecule has 0 N–H and O–H groups in total. The first-order valence-electron chi connectivity index (χ1n) is 17.6. The Bertz CT molecular complexity index is 2890. The van der Waals surface area contributed by atoms with Crippen molar-refractivity contribution in [2.24, 2.45) is 0 Å². The first-order valence-corrected chi connectivity index (χ1v) is 17.6. The molecule has 0 bridgehead atoms. The lowest BCUT2D eigenvalue weighted by atomic mass is 9.93. The lowest BCUT2D eigenvalue weighted by Crippen LogP contribution is -2.10. The highest BCUT2D eigenvalue weighted by Gasteiger charge is 2.19. The molecule has 0 spiro atoms. The Balaban J connectivity index is 1.15. The summed E-state index contributed by atoms with van der Waals surface area (Å²) in [5.41, 5.74) is 10.5. The van der Waals surface area contributed by atoms with Gasteiger partial charge in [-0.2, -0.15) is 0 Å². The van der Waals surface area contributed by atoms with Crippen molar-refractivity contribution in [1.29, 1.82) is 0 Å². The molecule has 0 unspecified atom stereocenters. The van der Waals surface area contributed by atoms with Crippen LogP contribution in [0, 0.1) is 0 Å². The van der Waals surface area contributed by atoms with Crippen LogP contribution in [0.4, 0.5) is 17.1 Å². The maximum absolute atomic E-state index is 6.49. The van der Waals surface area contributed by atoms with Crippen molar-refractivity contribution in [3.8, 4) is 33.7 Å². The molecule has 0 fully saturated rings. The molecule has 0 saturated carbocycles. The minimum absolute atomic E-state index is 0.623. The number of benzene rings is 9. The molecule has 1 heterocycles. The Morgan fingerprint density at radius 1 is 0.385 bits per heavy atom. The summed E-state index contributed by atoms with van der Waals surface area (Å²) in [6, 6.07) is 68.8. The minimum Gasteiger partial charge on any atom is -0.435 e. The molecule has 0 aliphatic carbocycles. The zero-order chi connectivity index (χ0) is 34.4. The van der Waals surface area contributed by atoms with Gasteiger partial charge in [-0.25, -0.2) is 4.98 Å². The van der Waals surface area contributed by atoms with E-state index in [1.54, 1.807) is 0 Å². The van der Waals surface area contributed by atoms with E-state index in [1.807, 2.05) is 30.3 Å². The molecule has 0 amide bonds. The van der Waals surface area contributed by atoms with Crippen molar-refractivity contribution in [1.82, 2.24) is 4.98 Å². The van der Waals surface area contributed by atoms with Crippen molar-refractivity contribution in [2.45, 2.75) is 0 Å². The summed E-state index contributed by atoms with van der Waals surface area (Å²) in [7, 11) is 0. The van der Waals surface area contributed by atoms with Gasteiger partial charge in [0.15, 0.2) is 5.58 Å². The minimum atomic E-state index is 0.623. The number of hydrogen-bond donors (Lipinski definition) is 0. The molecule has 3 nitrogen and oxygen atoms in total. The quantitative estimate of drug-likeness (QED) is 0.166. The van der Waals surface area contributed by atoms with E-state index in [4.69, 9.17) is 9.40 Å². The largest absolute Gasteiger partial charge is 0.435 e. The van der Waals surface area contributed by atoms with Gasteiger partial charge in [-0.15, -0.1) is 0 Å². The predicted molar refractivity (Wildman–Crippen MR) is 218 cm³/mol. The molecule has 3 heteroatoms. The van der Waals surface area contributed by atoms with Gasteiger partial charge in [-0.3, -0.25) is 0 Å². The molecule has 244 valence electrons. The maximum atomic E-state index is 6.49. The zero-order valence-corrected chi connectivity index (χ0v) is 28.3. The standard InChI is InChI=1S/C49H32N2O/c1-3-13-33(14-4-1)36-18-11-19-39(31-36)51(47-24-12-23-44-43(47)29-30-46-48(44)52-49(50-46)35-15-5-2-6-16-35)38-27-25-34(26-28-38)45-32-37-17-7-8-20-40(37)41-21-9-10-22-42(41)45/h1-32H. The summed E-state index contributed by atoms with van der Waals surface area (Å²) in [6.07, 6.45) is 0. The first-order chi connectivity index (χ1) is 25.8. The highest BCUT2D eigenvalue weighted by molar-refractivity contribution is 6.14. The Kier molecular flexibility index (Phi) is 7.14. The molecule has 0 atom stereocenters. The SMILES string of the molecule is c1ccc(-c2cccc(N(c3ccc(-c4cc5ccccc5c5ccccc45)cc3)c3cccc4c3ccc3nc(-c5ccccc5)oc34)c2)cc1. The highest BCUT2D eigenvalue weighted by atomic mass is 16.3. The fourth-order valence-electron chi connectivity index (χ4n) is 7.59. The van der Waals surface area contributed by atoms with Crippen LogP contribution >= 0.6 is 0 Å². The number of aromatic nitrogens is 1. The number of hydrogen-bond acceptors (Lipinski definition) is 3. The summed E-state index contributed by atoms with van der Waals surface area (Å²) in [4.78, 5) is 7.23. The second-order valence-electron chi connectivity index (χ2n) is 13.2. The molecule has 0 radical (unpaired) electrons. The van der Waals surface area contributed by atoms with Crippen LogP contribution in [0.25, 0.3) is 77.1 Å². The third-order valence-corrected chi connectivity index (χ3v) is 10.1. The van der Waals surface area contributed by atoms with Gasteiger partial charge in [0.2, 0.25) is 5.89 Å². The van der Waals surface area contributed by atoms with E-state index in [1.165, 1.54) is 38.2 Å². The number of anilines is 3. The van der Waals surface area contributed by atoms with E-state index < -0.39 is 0 Å². The molecule has 0 saturated heterocycles. The van der Waals surface area contributed by atoms with Crippen LogP contribution in [0.15, 0.2) is 199 Å². The smallest absolute Gasteiger partial charge is 0.227 e. The van der Waals surface area contributed by atoms with Crippen LogP contribution in [0.5, 0.6) is 0 Å². The van der Waals surface area contributed by atoms with Crippen LogP contribution < -0.4 is 4.90 Å². The molecular formula is C49H32N2O. The van der Waals surface area contributed by atoms with E-state index >= 15 is 0 Å². The maximum Gasteiger partial charge on any atom is 0.227 e. The van der Waals surface area contributed by atoms with Crippen LogP contribution in [-0.4, -0.2) is 4.98 Å². The fourth-order valence-corrected chi connectivity index (χ4v) is 7.59. The normalized spacial score (nSPS) is 11.5. The number of rotatable bonds is 6. The average Bonchev–Trinajstić information content (AvgIpc) is 3.67. The van der Waals surface area contributed by atoms with E-state index in [-0.39, 0.29) is 0 Å². The van der Waals surface area contributed by atoms with Crippen LogP contribution in [-0.2, 0) is 0 Å². The van der Waals surface area contributed by atoms with Gasteiger partial charge in [-0.1, -0.05) is 133 Å². The Morgan fingerprint density at radius 3 is 1.85 bits per heavy atom. The molecule has 9 aromatic carbocycles. The molecule has 10 aromatic rings. The van der Waals surface area contributed by atoms with Gasteiger partial charge >= 0.3 is 0 Å². The molecular weight excluding hydrogens is 633 g/mol. The summed E-state index contributed by atoms with van der Waals surface area (Å²) < 4.78 is 6.49. The molecule has 0 aliphatic heterocycles.